The SMILES string of the molecule is COCC(O)CN1CCN(C(c2ccccc2)c2ccccc2)CC1. The van der Waals surface area contributed by atoms with Crippen LogP contribution in [0.3, 0.4) is 0 Å². The lowest BCUT2D eigenvalue weighted by atomic mass is 9.96. The minimum absolute atomic E-state index is 0.286. The van der Waals surface area contributed by atoms with Crippen LogP contribution >= 0.6 is 0 Å². The summed E-state index contributed by atoms with van der Waals surface area (Å²) >= 11 is 0. The third-order valence-electron chi connectivity index (χ3n) is 4.83. The van der Waals surface area contributed by atoms with E-state index in [9.17, 15) is 5.11 Å². The van der Waals surface area contributed by atoms with E-state index in [1.54, 1.807) is 7.11 Å². The highest BCUT2D eigenvalue weighted by molar-refractivity contribution is 5.31. The van der Waals surface area contributed by atoms with Gasteiger partial charge < -0.3 is 9.84 Å². The van der Waals surface area contributed by atoms with E-state index in [4.69, 9.17) is 4.74 Å². The van der Waals surface area contributed by atoms with Crippen molar-refractivity contribution in [1.82, 2.24) is 9.80 Å². The van der Waals surface area contributed by atoms with E-state index in [1.807, 2.05) is 0 Å². The van der Waals surface area contributed by atoms with Crippen molar-refractivity contribution in [1.29, 1.82) is 0 Å². The van der Waals surface area contributed by atoms with Crippen molar-refractivity contribution in [3.05, 3.63) is 71.8 Å². The molecule has 4 heteroatoms. The van der Waals surface area contributed by atoms with E-state index in [0.717, 1.165) is 26.2 Å². The molecule has 1 saturated heterocycles. The predicted octanol–water partition coefficient (Wildman–Crippen LogP) is 2.40. The lowest BCUT2D eigenvalue weighted by Crippen LogP contribution is -2.50. The minimum Gasteiger partial charge on any atom is -0.389 e. The summed E-state index contributed by atoms with van der Waals surface area (Å²) in [6.07, 6.45) is -0.407. The summed E-state index contributed by atoms with van der Waals surface area (Å²) in [5.41, 5.74) is 2.67. The smallest absolute Gasteiger partial charge is 0.0900 e. The molecule has 0 radical (unpaired) electrons. The Kier molecular flexibility index (Phi) is 6.59. The predicted molar refractivity (Wildman–Crippen MR) is 101 cm³/mol. The number of rotatable bonds is 7. The van der Waals surface area contributed by atoms with E-state index < -0.39 is 6.10 Å². The molecule has 1 aliphatic heterocycles. The summed E-state index contributed by atoms with van der Waals surface area (Å²) < 4.78 is 5.03. The number of methoxy groups -OCH3 is 1. The van der Waals surface area contributed by atoms with E-state index in [0.29, 0.717) is 13.2 Å². The highest BCUT2D eigenvalue weighted by atomic mass is 16.5. The molecule has 0 spiro atoms. The molecule has 4 nitrogen and oxygen atoms in total. The van der Waals surface area contributed by atoms with Crippen LogP contribution in [0.15, 0.2) is 60.7 Å². The molecule has 1 aliphatic rings. The molecule has 0 amide bonds. The maximum Gasteiger partial charge on any atom is 0.0900 e. The molecule has 1 heterocycles. The molecule has 25 heavy (non-hydrogen) atoms. The second kappa shape index (κ2) is 9.11. The Hall–Kier alpha value is -1.72. The quantitative estimate of drug-likeness (QED) is 0.840. The van der Waals surface area contributed by atoms with Gasteiger partial charge in [0.15, 0.2) is 0 Å². The molecule has 3 rings (SSSR count). The Morgan fingerprint density at radius 1 is 0.880 bits per heavy atom. The van der Waals surface area contributed by atoms with Crippen LogP contribution < -0.4 is 0 Å². The number of ether oxygens (including phenoxy) is 1. The van der Waals surface area contributed by atoms with Crippen molar-refractivity contribution in [3.8, 4) is 0 Å². The minimum atomic E-state index is -0.407. The molecule has 2 aromatic carbocycles. The molecule has 1 N–H and O–H groups in total. The summed E-state index contributed by atoms with van der Waals surface area (Å²) in [5.74, 6) is 0. The van der Waals surface area contributed by atoms with Crippen molar-refractivity contribution < 1.29 is 9.84 Å². The topological polar surface area (TPSA) is 35.9 Å². The Morgan fingerprint density at radius 3 is 1.88 bits per heavy atom. The number of benzene rings is 2. The lowest BCUT2D eigenvalue weighted by Gasteiger charge is -2.40. The van der Waals surface area contributed by atoms with Crippen molar-refractivity contribution in [3.63, 3.8) is 0 Å². The van der Waals surface area contributed by atoms with E-state index >= 15 is 0 Å². The fraction of sp³-hybridized carbons (Fsp3) is 0.429. The zero-order chi connectivity index (χ0) is 17.5. The van der Waals surface area contributed by atoms with Crippen LogP contribution in [0.2, 0.25) is 0 Å². The number of aliphatic hydroxyl groups excluding tert-OH is 1. The van der Waals surface area contributed by atoms with Gasteiger partial charge in [0.1, 0.15) is 0 Å². The molecule has 134 valence electrons. The molecular weight excluding hydrogens is 312 g/mol. The Balaban J connectivity index is 1.69. The molecule has 1 atom stereocenters. The lowest BCUT2D eigenvalue weighted by molar-refractivity contribution is 0.0203. The number of β-amino-alcohol motifs (C(OH)–C–C–N with tert-alkyl or cyclic N) is 1. The summed E-state index contributed by atoms with van der Waals surface area (Å²) in [6, 6.07) is 21.7. The summed E-state index contributed by atoms with van der Waals surface area (Å²) in [6.45, 7) is 5.01. The van der Waals surface area contributed by atoms with Gasteiger partial charge in [-0.2, -0.15) is 0 Å². The molecule has 0 saturated carbocycles. The van der Waals surface area contributed by atoms with Gasteiger partial charge in [0.25, 0.3) is 0 Å². The number of hydrogen-bond donors (Lipinski definition) is 1. The first kappa shape index (κ1) is 18.1. The van der Waals surface area contributed by atoms with Gasteiger partial charge in [-0.3, -0.25) is 9.80 Å². The fourth-order valence-electron chi connectivity index (χ4n) is 3.63. The monoisotopic (exact) mass is 340 g/mol. The maximum absolute atomic E-state index is 9.95. The van der Waals surface area contributed by atoms with E-state index in [1.165, 1.54) is 11.1 Å². The molecule has 1 unspecified atom stereocenters. The molecule has 0 bridgehead atoms. The van der Waals surface area contributed by atoms with Gasteiger partial charge in [-0.15, -0.1) is 0 Å². The number of aliphatic hydroxyl groups is 1. The third kappa shape index (κ3) is 4.89. The van der Waals surface area contributed by atoms with Crippen LogP contribution in [0.25, 0.3) is 0 Å². The summed E-state index contributed by atoms with van der Waals surface area (Å²) in [5, 5.41) is 9.95. The van der Waals surface area contributed by atoms with Gasteiger partial charge in [0.2, 0.25) is 0 Å². The zero-order valence-electron chi connectivity index (χ0n) is 14.9. The molecule has 0 aliphatic carbocycles. The van der Waals surface area contributed by atoms with E-state index in [2.05, 4.69) is 70.5 Å². The Labute approximate surface area is 150 Å². The van der Waals surface area contributed by atoms with Crippen LogP contribution in [-0.4, -0.2) is 67.5 Å². The van der Waals surface area contributed by atoms with Crippen LogP contribution in [-0.2, 0) is 4.74 Å². The van der Waals surface area contributed by atoms with Gasteiger partial charge in [-0.25, -0.2) is 0 Å². The van der Waals surface area contributed by atoms with Gasteiger partial charge in [-0.05, 0) is 11.1 Å². The first-order valence-electron chi connectivity index (χ1n) is 9.01. The molecule has 1 fully saturated rings. The van der Waals surface area contributed by atoms with Crippen molar-refractivity contribution in [2.45, 2.75) is 12.1 Å². The second-order valence-corrected chi connectivity index (χ2v) is 6.67. The highest BCUT2D eigenvalue weighted by Gasteiger charge is 2.26. The average Bonchev–Trinajstić information content (AvgIpc) is 2.65. The fourth-order valence-corrected chi connectivity index (χ4v) is 3.63. The van der Waals surface area contributed by atoms with Crippen LogP contribution in [0.4, 0.5) is 0 Å². The van der Waals surface area contributed by atoms with Crippen LogP contribution in [0, 0.1) is 0 Å². The number of hydrogen-bond acceptors (Lipinski definition) is 4. The second-order valence-electron chi connectivity index (χ2n) is 6.67. The zero-order valence-corrected chi connectivity index (χ0v) is 14.9. The molecule has 0 aromatic heterocycles. The van der Waals surface area contributed by atoms with Gasteiger partial charge in [0, 0.05) is 39.8 Å². The maximum atomic E-state index is 9.95. The summed E-state index contributed by atoms with van der Waals surface area (Å²) in [7, 11) is 1.63. The highest BCUT2D eigenvalue weighted by Crippen LogP contribution is 2.29. The van der Waals surface area contributed by atoms with Gasteiger partial charge in [0.05, 0.1) is 18.8 Å². The molecular formula is C21H28N2O2. The Morgan fingerprint density at radius 2 is 1.40 bits per heavy atom. The van der Waals surface area contributed by atoms with Gasteiger partial charge >= 0.3 is 0 Å². The van der Waals surface area contributed by atoms with Crippen molar-refractivity contribution in [2.24, 2.45) is 0 Å². The van der Waals surface area contributed by atoms with Crippen LogP contribution in [0.1, 0.15) is 17.2 Å². The van der Waals surface area contributed by atoms with E-state index in [-0.39, 0.29) is 6.04 Å². The number of nitrogens with zero attached hydrogens (tertiary/aromatic N) is 2. The van der Waals surface area contributed by atoms with Gasteiger partial charge in [-0.1, -0.05) is 60.7 Å². The largest absolute Gasteiger partial charge is 0.389 e. The number of piperazine rings is 1. The standard InChI is InChI=1S/C21H28N2O2/c1-25-17-20(24)16-22-12-14-23(15-13-22)21(18-8-4-2-5-9-18)19-10-6-3-7-11-19/h2-11,20-21,24H,12-17H2,1H3. The summed E-state index contributed by atoms with van der Waals surface area (Å²) in [4.78, 5) is 4.87. The third-order valence-corrected chi connectivity index (χ3v) is 4.83. The van der Waals surface area contributed by atoms with Crippen molar-refractivity contribution in [2.75, 3.05) is 46.4 Å². The first-order valence-corrected chi connectivity index (χ1v) is 9.01. The molecule has 2 aromatic rings. The van der Waals surface area contributed by atoms with Crippen molar-refractivity contribution >= 4 is 0 Å². The average molecular weight is 340 g/mol. The first-order chi connectivity index (χ1) is 12.3. The van der Waals surface area contributed by atoms with Crippen LogP contribution in [0.5, 0.6) is 0 Å². The normalized spacial score (nSPS) is 17.7. The Bertz CT molecular complexity index is 573.